The molecule has 3 N–H and O–H groups in total. The Morgan fingerprint density at radius 3 is 1.30 bits per heavy atom. The molecule has 0 rings (SSSR count). The van der Waals surface area contributed by atoms with Gasteiger partial charge in [0.05, 0.1) is 6.10 Å². The van der Waals surface area contributed by atoms with E-state index in [-0.39, 0.29) is 12.1 Å². The SMILES string of the molecule is CCCCCCCCCCCCCCCCCC(O)C(N)CC. The highest BCUT2D eigenvalue weighted by atomic mass is 16.3. The fourth-order valence-corrected chi connectivity index (χ4v) is 3.21. The predicted molar refractivity (Wildman–Crippen MR) is 104 cm³/mol. The predicted octanol–water partition coefficient (Wildman–Crippen LogP) is 6.35. The monoisotopic (exact) mass is 327 g/mol. The smallest absolute Gasteiger partial charge is 0.0691 e. The van der Waals surface area contributed by atoms with Gasteiger partial charge >= 0.3 is 0 Å². The Hall–Kier alpha value is -0.0800. The third-order valence-corrected chi connectivity index (χ3v) is 5.07. The zero-order valence-electron chi connectivity index (χ0n) is 16.2. The highest BCUT2D eigenvalue weighted by molar-refractivity contribution is 4.69. The van der Waals surface area contributed by atoms with Crippen LogP contribution in [0, 0.1) is 0 Å². The van der Waals surface area contributed by atoms with E-state index in [9.17, 15) is 5.11 Å². The first kappa shape index (κ1) is 22.9. The summed E-state index contributed by atoms with van der Waals surface area (Å²) >= 11 is 0. The lowest BCUT2D eigenvalue weighted by Crippen LogP contribution is -2.33. The first-order chi connectivity index (χ1) is 11.2. The van der Waals surface area contributed by atoms with E-state index in [0.29, 0.717) is 0 Å². The molecule has 2 atom stereocenters. The lowest BCUT2D eigenvalue weighted by molar-refractivity contribution is 0.129. The molecule has 0 spiro atoms. The third-order valence-electron chi connectivity index (χ3n) is 5.07. The molecule has 0 saturated heterocycles. The minimum atomic E-state index is -0.290. The van der Waals surface area contributed by atoms with Gasteiger partial charge in [-0.1, -0.05) is 110 Å². The number of aliphatic hydroxyl groups excluding tert-OH is 1. The van der Waals surface area contributed by atoms with Gasteiger partial charge in [0.2, 0.25) is 0 Å². The largest absolute Gasteiger partial charge is 0.392 e. The molecule has 0 heterocycles. The summed E-state index contributed by atoms with van der Waals surface area (Å²) in [6.45, 7) is 4.32. The van der Waals surface area contributed by atoms with Crippen LogP contribution in [0.2, 0.25) is 0 Å². The Morgan fingerprint density at radius 1 is 0.609 bits per heavy atom. The molecule has 0 fully saturated rings. The molecule has 0 radical (unpaired) electrons. The number of hydrogen-bond donors (Lipinski definition) is 2. The number of hydrogen-bond acceptors (Lipinski definition) is 2. The summed E-state index contributed by atoms with van der Waals surface area (Å²) in [6, 6.07) is -0.0263. The van der Waals surface area contributed by atoms with Gasteiger partial charge in [0, 0.05) is 6.04 Å². The van der Waals surface area contributed by atoms with Crippen LogP contribution in [-0.4, -0.2) is 17.3 Å². The summed E-state index contributed by atoms with van der Waals surface area (Å²) in [5.41, 5.74) is 5.83. The van der Waals surface area contributed by atoms with Crippen molar-refractivity contribution in [2.75, 3.05) is 0 Å². The van der Waals surface area contributed by atoms with E-state index in [0.717, 1.165) is 19.3 Å². The van der Waals surface area contributed by atoms with E-state index in [2.05, 4.69) is 6.92 Å². The van der Waals surface area contributed by atoms with Crippen LogP contribution in [0.15, 0.2) is 0 Å². The second kappa shape index (κ2) is 18.3. The van der Waals surface area contributed by atoms with Crippen LogP contribution in [-0.2, 0) is 0 Å². The van der Waals surface area contributed by atoms with Crippen molar-refractivity contribution in [3.05, 3.63) is 0 Å². The molecule has 140 valence electrons. The van der Waals surface area contributed by atoms with Crippen molar-refractivity contribution in [3.63, 3.8) is 0 Å². The summed E-state index contributed by atoms with van der Waals surface area (Å²) in [5.74, 6) is 0. The highest BCUT2D eigenvalue weighted by Gasteiger charge is 2.11. The third kappa shape index (κ3) is 16.6. The second-order valence-corrected chi connectivity index (χ2v) is 7.38. The van der Waals surface area contributed by atoms with E-state index >= 15 is 0 Å². The van der Waals surface area contributed by atoms with Crippen molar-refractivity contribution in [3.8, 4) is 0 Å². The van der Waals surface area contributed by atoms with Crippen molar-refractivity contribution in [1.29, 1.82) is 0 Å². The van der Waals surface area contributed by atoms with Crippen LogP contribution in [0.1, 0.15) is 123 Å². The molecule has 0 saturated carbocycles. The van der Waals surface area contributed by atoms with E-state index in [1.165, 1.54) is 89.9 Å². The molecule has 2 nitrogen and oxygen atoms in total. The van der Waals surface area contributed by atoms with Gasteiger partial charge in [-0.15, -0.1) is 0 Å². The number of aliphatic hydroxyl groups is 1. The Bertz CT molecular complexity index is 220. The van der Waals surface area contributed by atoms with Crippen molar-refractivity contribution in [2.24, 2.45) is 5.73 Å². The minimum absolute atomic E-state index is 0.0263. The van der Waals surface area contributed by atoms with Gasteiger partial charge in [0.1, 0.15) is 0 Å². The first-order valence-corrected chi connectivity index (χ1v) is 10.7. The number of nitrogens with two attached hydrogens (primary N) is 1. The van der Waals surface area contributed by atoms with Crippen LogP contribution in [0.4, 0.5) is 0 Å². The first-order valence-electron chi connectivity index (χ1n) is 10.7. The van der Waals surface area contributed by atoms with Crippen LogP contribution in [0.3, 0.4) is 0 Å². The molecule has 0 aliphatic carbocycles. The van der Waals surface area contributed by atoms with Gasteiger partial charge in [0.15, 0.2) is 0 Å². The molecule has 0 amide bonds. The Kier molecular flexibility index (Phi) is 18.2. The fraction of sp³-hybridized carbons (Fsp3) is 1.00. The van der Waals surface area contributed by atoms with Crippen molar-refractivity contribution in [1.82, 2.24) is 0 Å². The summed E-state index contributed by atoms with van der Waals surface area (Å²) < 4.78 is 0. The standard InChI is InChI=1S/C21H45NO/c1-3-5-6-7-8-9-10-11-12-13-14-15-16-17-18-19-21(23)20(22)4-2/h20-21,23H,3-19,22H2,1-2H3. The maximum atomic E-state index is 9.80. The maximum absolute atomic E-state index is 9.80. The maximum Gasteiger partial charge on any atom is 0.0691 e. The Morgan fingerprint density at radius 2 is 0.957 bits per heavy atom. The van der Waals surface area contributed by atoms with Gasteiger partial charge in [-0.25, -0.2) is 0 Å². The zero-order chi connectivity index (χ0) is 17.2. The van der Waals surface area contributed by atoms with Crippen molar-refractivity contribution >= 4 is 0 Å². The molecule has 0 aromatic heterocycles. The number of rotatable bonds is 18. The van der Waals surface area contributed by atoms with Gasteiger partial charge < -0.3 is 10.8 Å². The molecule has 0 aliphatic rings. The molecule has 23 heavy (non-hydrogen) atoms. The lowest BCUT2D eigenvalue weighted by atomic mass is 10.0. The molecule has 2 heteroatoms. The van der Waals surface area contributed by atoms with E-state index in [1.807, 2.05) is 6.92 Å². The second-order valence-electron chi connectivity index (χ2n) is 7.38. The molecule has 0 aliphatic heterocycles. The summed E-state index contributed by atoms with van der Waals surface area (Å²) in [7, 11) is 0. The topological polar surface area (TPSA) is 46.2 Å². The average Bonchev–Trinajstić information content (AvgIpc) is 2.57. The van der Waals surface area contributed by atoms with E-state index in [1.54, 1.807) is 0 Å². The Balaban J connectivity index is 3.08. The van der Waals surface area contributed by atoms with E-state index < -0.39 is 0 Å². The van der Waals surface area contributed by atoms with Crippen LogP contribution >= 0.6 is 0 Å². The molecule has 0 aromatic rings. The minimum Gasteiger partial charge on any atom is -0.392 e. The summed E-state index contributed by atoms with van der Waals surface area (Å²) in [6.07, 6.45) is 22.2. The molecule has 2 unspecified atom stereocenters. The van der Waals surface area contributed by atoms with Gasteiger partial charge in [-0.2, -0.15) is 0 Å². The fourth-order valence-electron chi connectivity index (χ4n) is 3.21. The Labute approximate surface area is 146 Å². The average molecular weight is 328 g/mol. The molecular formula is C21H45NO. The van der Waals surface area contributed by atoms with Crippen LogP contribution < -0.4 is 5.73 Å². The summed E-state index contributed by atoms with van der Waals surface area (Å²) in [5, 5.41) is 9.80. The van der Waals surface area contributed by atoms with Crippen molar-refractivity contribution in [2.45, 2.75) is 135 Å². The lowest BCUT2D eigenvalue weighted by Gasteiger charge is -2.16. The zero-order valence-corrected chi connectivity index (χ0v) is 16.2. The van der Waals surface area contributed by atoms with Crippen molar-refractivity contribution < 1.29 is 5.11 Å². The van der Waals surface area contributed by atoms with Crippen LogP contribution in [0.5, 0.6) is 0 Å². The normalized spacial score (nSPS) is 14.1. The summed E-state index contributed by atoms with van der Waals surface area (Å²) in [4.78, 5) is 0. The van der Waals surface area contributed by atoms with Gasteiger partial charge in [0.25, 0.3) is 0 Å². The highest BCUT2D eigenvalue weighted by Crippen LogP contribution is 2.14. The molecular weight excluding hydrogens is 282 g/mol. The van der Waals surface area contributed by atoms with Gasteiger partial charge in [-0.3, -0.25) is 0 Å². The van der Waals surface area contributed by atoms with E-state index in [4.69, 9.17) is 5.73 Å². The van der Waals surface area contributed by atoms with Gasteiger partial charge in [-0.05, 0) is 12.8 Å². The number of unbranched alkanes of at least 4 members (excludes halogenated alkanes) is 14. The molecule has 0 aromatic carbocycles. The van der Waals surface area contributed by atoms with Crippen LogP contribution in [0.25, 0.3) is 0 Å². The molecule has 0 bridgehead atoms. The quantitative estimate of drug-likeness (QED) is 0.288.